The van der Waals surface area contributed by atoms with Crippen molar-refractivity contribution in [3.8, 4) is 6.07 Å². The first-order valence-corrected chi connectivity index (χ1v) is 5.05. The van der Waals surface area contributed by atoms with E-state index in [1.807, 2.05) is 4.98 Å². The van der Waals surface area contributed by atoms with Crippen LogP contribution in [0.1, 0.15) is 11.3 Å². The molecule has 1 aromatic heterocycles. The number of nitriles is 1. The van der Waals surface area contributed by atoms with Crippen LogP contribution in [0.5, 0.6) is 0 Å². The van der Waals surface area contributed by atoms with Gasteiger partial charge in [0.1, 0.15) is 17.3 Å². The first kappa shape index (κ1) is 12.5. The molecule has 0 amide bonds. The minimum atomic E-state index is -4.79. The van der Waals surface area contributed by atoms with Gasteiger partial charge in [0.05, 0.1) is 0 Å². The molecule has 1 N–H and O–H groups in total. The molecule has 1 aromatic carbocycles. The number of rotatable bonds is 0. The van der Waals surface area contributed by atoms with E-state index in [1.54, 1.807) is 0 Å². The van der Waals surface area contributed by atoms with Gasteiger partial charge in [0.25, 0.3) is 0 Å². The SMILES string of the molecule is N#Cc1c(C(F)(F)F)[nH]c2ccc(Cl)cc2c1=O. The molecule has 0 fully saturated rings. The Morgan fingerprint density at radius 2 is 2.00 bits per heavy atom. The number of nitrogens with one attached hydrogen (secondary N) is 1. The summed E-state index contributed by atoms with van der Waals surface area (Å²) in [5.41, 5.74) is -3.31. The van der Waals surface area contributed by atoms with Crippen LogP contribution in [0.2, 0.25) is 5.02 Å². The fourth-order valence-corrected chi connectivity index (χ4v) is 1.75. The lowest BCUT2D eigenvalue weighted by Crippen LogP contribution is -2.19. The predicted molar refractivity (Wildman–Crippen MR) is 59.3 cm³/mol. The average Bonchev–Trinajstić information content (AvgIpc) is 2.28. The summed E-state index contributed by atoms with van der Waals surface area (Å²) in [4.78, 5) is 13.8. The number of hydrogen-bond donors (Lipinski definition) is 1. The van der Waals surface area contributed by atoms with E-state index in [2.05, 4.69) is 0 Å². The van der Waals surface area contributed by atoms with Gasteiger partial charge in [0, 0.05) is 15.9 Å². The summed E-state index contributed by atoms with van der Waals surface area (Å²) in [6, 6.07) is 5.11. The molecule has 0 bridgehead atoms. The van der Waals surface area contributed by atoms with Crippen molar-refractivity contribution in [2.75, 3.05) is 0 Å². The molecule has 0 aliphatic heterocycles. The number of aromatic amines is 1. The van der Waals surface area contributed by atoms with Gasteiger partial charge in [-0.15, -0.1) is 0 Å². The average molecular weight is 273 g/mol. The second kappa shape index (κ2) is 4.03. The molecule has 0 spiro atoms. The molecule has 0 saturated heterocycles. The Labute approximate surface area is 103 Å². The minimum Gasteiger partial charge on any atom is -0.350 e. The summed E-state index contributed by atoms with van der Waals surface area (Å²) in [6.07, 6.45) is -4.79. The van der Waals surface area contributed by atoms with Gasteiger partial charge in [0.15, 0.2) is 0 Å². The van der Waals surface area contributed by atoms with Crippen LogP contribution in [0.15, 0.2) is 23.0 Å². The Balaban J connectivity index is 2.97. The van der Waals surface area contributed by atoms with Gasteiger partial charge < -0.3 is 4.98 Å². The van der Waals surface area contributed by atoms with Crippen molar-refractivity contribution >= 4 is 22.5 Å². The van der Waals surface area contributed by atoms with Crippen molar-refractivity contribution in [3.05, 3.63) is 44.7 Å². The van der Waals surface area contributed by atoms with Crippen LogP contribution >= 0.6 is 11.6 Å². The number of benzene rings is 1. The highest BCUT2D eigenvalue weighted by molar-refractivity contribution is 6.31. The highest BCUT2D eigenvalue weighted by atomic mass is 35.5. The van der Waals surface area contributed by atoms with Crippen LogP contribution in [0.4, 0.5) is 13.2 Å². The Hall–Kier alpha value is -2.00. The van der Waals surface area contributed by atoms with Crippen LogP contribution in [0.3, 0.4) is 0 Å². The van der Waals surface area contributed by atoms with E-state index in [1.165, 1.54) is 24.3 Å². The van der Waals surface area contributed by atoms with E-state index in [4.69, 9.17) is 16.9 Å². The molecule has 0 aliphatic carbocycles. The van der Waals surface area contributed by atoms with Gasteiger partial charge in [-0.25, -0.2) is 0 Å². The second-order valence-electron chi connectivity index (χ2n) is 3.50. The number of nitrogens with zero attached hydrogens (tertiary/aromatic N) is 1. The number of pyridine rings is 1. The Morgan fingerprint density at radius 1 is 1.33 bits per heavy atom. The molecular formula is C11H4ClF3N2O. The van der Waals surface area contributed by atoms with E-state index < -0.39 is 22.9 Å². The summed E-state index contributed by atoms with van der Waals surface area (Å²) in [7, 11) is 0. The summed E-state index contributed by atoms with van der Waals surface area (Å²) in [6.45, 7) is 0. The number of aromatic nitrogens is 1. The minimum absolute atomic E-state index is 0.0178. The Morgan fingerprint density at radius 3 is 2.56 bits per heavy atom. The van der Waals surface area contributed by atoms with E-state index in [-0.39, 0.29) is 15.9 Å². The molecule has 2 rings (SSSR count). The predicted octanol–water partition coefficient (Wildman–Crippen LogP) is 3.07. The molecule has 0 radical (unpaired) electrons. The van der Waals surface area contributed by atoms with Gasteiger partial charge in [-0.05, 0) is 18.2 Å². The zero-order valence-corrected chi connectivity index (χ0v) is 9.36. The summed E-state index contributed by atoms with van der Waals surface area (Å²) < 4.78 is 38.0. The number of halogens is 4. The number of H-pyrrole nitrogens is 1. The third-order valence-electron chi connectivity index (χ3n) is 2.36. The first-order chi connectivity index (χ1) is 8.34. The number of alkyl halides is 3. The smallest absolute Gasteiger partial charge is 0.350 e. The lowest BCUT2D eigenvalue weighted by molar-refractivity contribution is -0.141. The largest absolute Gasteiger partial charge is 0.432 e. The molecule has 0 aliphatic rings. The van der Waals surface area contributed by atoms with Crippen molar-refractivity contribution in [1.82, 2.24) is 4.98 Å². The quantitative estimate of drug-likeness (QED) is 0.801. The van der Waals surface area contributed by atoms with Crippen molar-refractivity contribution in [1.29, 1.82) is 5.26 Å². The topological polar surface area (TPSA) is 56.6 Å². The molecule has 0 saturated carbocycles. The molecule has 92 valence electrons. The standard InChI is InChI=1S/C11H4ClF3N2O/c12-5-1-2-8-6(3-5)9(18)7(4-16)10(17-8)11(13,14)15/h1-3H,(H,17,18). The molecule has 18 heavy (non-hydrogen) atoms. The van der Waals surface area contributed by atoms with E-state index in [9.17, 15) is 18.0 Å². The highest BCUT2D eigenvalue weighted by Crippen LogP contribution is 2.30. The normalized spacial score (nSPS) is 11.5. The summed E-state index contributed by atoms with van der Waals surface area (Å²) in [5, 5.41) is 8.84. The third kappa shape index (κ3) is 1.93. The van der Waals surface area contributed by atoms with Crippen LogP contribution < -0.4 is 5.43 Å². The lowest BCUT2D eigenvalue weighted by Gasteiger charge is -2.10. The maximum absolute atomic E-state index is 12.7. The second-order valence-corrected chi connectivity index (χ2v) is 3.94. The van der Waals surface area contributed by atoms with Crippen molar-refractivity contribution in [2.24, 2.45) is 0 Å². The Kier molecular flexibility index (Phi) is 2.79. The van der Waals surface area contributed by atoms with Gasteiger partial charge in [-0.3, -0.25) is 4.79 Å². The fourth-order valence-electron chi connectivity index (χ4n) is 1.58. The van der Waals surface area contributed by atoms with Crippen LogP contribution in [-0.4, -0.2) is 4.98 Å². The van der Waals surface area contributed by atoms with E-state index in [0.717, 1.165) is 0 Å². The maximum Gasteiger partial charge on any atom is 0.432 e. The fraction of sp³-hybridized carbons (Fsp3) is 0.0909. The van der Waals surface area contributed by atoms with Gasteiger partial charge in [0.2, 0.25) is 5.43 Å². The number of hydrogen-bond acceptors (Lipinski definition) is 2. The maximum atomic E-state index is 12.7. The molecule has 2 aromatic rings. The Bertz CT molecular complexity index is 728. The molecule has 1 heterocycles. The van der Waals surface area contributed by atoms with Crippen LogP contribution in [0.25, 0.3) is 10.9 Å². The zero-order chi connectivity index (χ0) is 13.5. The molecule has 0 atom stereocenters. The molecule has 0 unspecified atom stereocenters. The molecule has 7 heteroatoms. The van der Waals surface area contributed by atoms with E-state index in [0.29, 0.717) is 0 Å². The van der Waals surface area contributed by atoms with Gasteiger partial charge >= 0.3 is 6.18 Å². The lowest BCUT2D eigenvalue weighted by atomic mass is 10.1. The first-order valence-electron chi connectivity index (χ1n) is 4.67. The highest BCUT2D eigenvalue weighted by Gasteiger charge is 2.36. The van der Waals surface area contributed by atoms with Gasteiger partial charge in [-0.1, -0.05) is 11.6 Å². The van der Waals surface area contributed by atoms with Crippen LogP contribution in [-0.2, 0) is 6.18 Å². The van der Waals surface area contributed by atoms with E-state index >= 15 is 0 Å². The monoisotopic (exact) mass is 272 g/mol. The van der Waals surface area contributed by atoms with Crippen molar-refractivity contribution in [2.45, 2.75) is 6.18 Å². The number of fused-ring (bicyclic) bond motifs is 1. The van der Waals surface area contributed by atoms with Crippen LogP contribution in [0, 0.1) is 11.3 Å². The van der Waals surface area contributed by atoms with Crippen molar-refractivity contribution in [3.63, 3.8) is 0 Å². The third-order valence-corrected chi connectivity index (χ3v) is 2.59. The summed E-state index contributed by atoms with van der Waals surface area (Å²) >= 11 is 5.66. The molecular weight excluding hydrogens is 269 g/mol. The van der Waals surface area contributed by atoms with Crippen molar-refractivity contribution < 1.29 is 13.2 Å². The van der Waals surface area contributed by atoms with Gasteiger partial charge in [-0.2, -0.15) is 18.4 Å². The summed E-state index contributed by atoms with van der Waals surface area (Å²) in [5.74, 6) is 0. The molecule has 3 nitrogen and oxygen atoms in total. The zero-order valence-electron chi connectivity index (χ0n) is 8.60.